The Morgan fingerprint density at radius 1 is 0.970 bits per heavy atom. The molecule has 1 amide bonds. The van der Waals surface area contributed by atoms with Crippen molar-refractivity contribution in [2.24, 2.45) is 0 Å². The minimum atomic E-state index is -0.950. The number of nitrogens with zero attached hydrogens (tertiary/aromatic N) is 5. The van der Waals surface area contributed by atoms with E-state index in [9.17, 15) is 14.3 Å². The normalized spacial score (nSPS) is 18.3. The molecule has 3 heterocycles. The molecule has 7 nitrogen and oxygen atoms in total. The summed E-state index contributed by atoms with van der Waals surface area (Å²) in [6.07, 6.45) is 3.80. The van der Waals surface area contributed by atoms with Crippen molar-refractivity contribution in [1.82, 2.24) is 24.6 Å². The third-order valence-corrected chi connectivity index (χ3v) is 6.05. The molecule has 0 bridgehead atoms. The molecular formula is C25H22FN5O2. The van der Waals surface area contributed by atoms with Crippen molar-refractivity contribution in [3.63, 3.8) is 0 Å². The fraction of sp³-hybridized carbons (Fsp3) is 0.200. The number of benzene rings is 2. The standard InChI is InChI=1S/C25H22FN5O2/c26-20-10-7-17(8-11-20)21-15-23(31(29-21)24-27-13-4-14-28-24)19-9-12-22(30(16-19)25(32)33)18-5-2-1-3-6-18/h1-8,10-11,13-15,19,22H,9,12,16H2,(H,32,33)/t19-,22+/m1/s1. The first-order chi connectivity index (χ1) is 16.1. The first kappa shape index (κ1) is 20.8. The van der Waals surface area contributed by atoms with E-state index in [2.05, 4.69) is 9.97 Å². The zero-order valence-corrected chi connectivity index (χ0v) is 17.8. The number of hydrogen-bond acceptors (Lipinski definition) is 4. The van der Waals surface area contributed by atoms with Gasteiger partial charge in [-0.1, -0.05) is 30.3 Å². The van der Waals surface area contributed by atoms with Crippen molar-refractivity contribution in [1.29, 1.82) is 0 Å². The van der Waals surface area contributed by atoms with Crippen LogP contribution in [0.3, 0.4) is 0 Å². The van der Waals surface area contributed by atoms with E-state index in [1.165, 1.54) is 17.0 Å². The number of aromatic nitrogens is 4. The van der Waals surface area contributed by atoms with Gasteiger partial charge >= 0.3 is 6.09 Å². The van der Waals surface area contributed by atoms with Crippen molar-refractivity contribution in [2.45, 2.75) is 24.8 Å². The molecule has 1 aliphatic heterocycles. The molecule has 0 aliphatic carbocycles. The van der Waals surface area contributed by atoms with Gasteiger partial charge in [-0.15, -0.1) is 0 Å². The summed E-state index contributed by atoms with van der Waals surface area (Å²) in [5.74, 6) is 0.000573. The lowest BCUT2D eigenvalue weighted by Gasteiger charge is -2.38. The zero-order chi connectivity index (χ0) is 22.8. The number of amides is 1. The molecule has 1 N–H and O–H groups in total. The summed E-state index contributed by atoms with van der Waals surface area (Å²) in [6.45, 7) is 0.330. The number of halogens is 1. The number of carboxylic acid groups (broad SMARTS) is 1. The third kappa shape index (κ3) is 4.19. The molecule has 1 saturated heterocycles. The molecule has 2 aromatic carbocycles. The van der Waals surface area contributed by atoms with Gasteiger partial charge in [0.05, 0.1) is 17.4 Å². The summed E-state index contributed by atoms with van der Waals surface area (Å²) in [5.41, 5.74) is 3.24. The topological polar surface area (TPSA) is 84.1 Å². The highest BCUT2D eigenvalue weighted by Crippen LogP contribution is 2.39. The van der Waals surface area contributed by atoms with Crippen LogP contribution in [0.4, 0.5) is 9.18 Å². The van der Waals surface area contributed by atoms with Crippen molar-refractivity contribution in [3.05, 3.63) is 96.2 Å². The van der Waals surface area contributed by atoms with Gasteiger partial charge in [0.15, 0.2) is 0 Å². The molecule has 0 unspecified atom stereocenters. The molecule has 0 saturated carbocycles. The van der Waals surface area contributed by atoms with Gasteiger partial charge in [-0.3, -0.25) is 0 Å². The van der Waals surface area contributed by atoms with Gasteiger partial charge in [-0.2, -0.15) is 5.10 Å². The summed E-state index contributed by atoms with van der Waals surface area (Å²) < 4.78 is 15.1. The Kier molecular flexibility index (Phi) is 5.56. The molecule has 8 heteroatoms. The van der Waals surface area contributed by atoms with Crippen LogP contribution in [0.25, 0.3) is 17.2 Å². The van der Waals surface area contributed by atoms with Gasteiger partial charge in [0.1, 0.15) is 5.82 Å². The van der Waals surface area contributed by atoms with E-state index in [1.807, 2.05) is 36.4 Å². The van der Waals surface area contributed by atoms with E-state index in [1.54, 1.807) is 35.3 Å². The molecule has 166 valence electrons. The Bertz CT molecular complexity index is 1250. The van der Waals surface area contributed by atoms with Gasteiger partial charge in [-0.05, 0) is 54.8 Å². The molecule has 5 rings (SSSR count). The Morgan fingerprint density at radius 2 is 1.70 bits per heavy atom. The van der Waals surface area contributed by atoms with Crippen LogP contribution in [0.5, 0.6) is 0 Å². The maximum absolute atomic E-state index is 13.4. The van der Waals surface area contributed by atoms with E-state index < -0.39 is 6.09 Å². The second kappa shape index (κ2) is 8.82. The number of likely N-dealkylation sites (tertiary alicyclic amines) is 1. The van der Waals surface area contributed by atoms with Crippen LogP contribution in [0.1, 0.15) is 36.1 Å². The van der Waals surface area contributed by atoms with Crippen LogP contribution in [-0.4, -0.2) is 42.4 Å². The first-order valence-electron chi connectivity index (χ1n) is 10.8. The molecule has 0 spiro atoms. The Hall–Kier alpha value is -4.07. The second-order valence-electron chi connectivity index (χ2n) is 8.06. The van der Waals surface area contributed by atoms with Gasteiger partial charge < -0.3 is 10.0 Å². The van der Waals surface area contributed by atoms with E-state index in [0.29, 0.717) is 24.6 Å². The van der Waals surface area contributed by atoms with Crippen LogP contribution in [-0.2, 0) is 0 Å². The lowest BCUT2D eigenvalue weighted by atomic mass is 9.87. The highest BCUT2D eigenvalue weighted by molar-refractivity contribution is 5.66. The van der Waals surface area contributed by atoms with Crippen molar-refractivity contribution >= 4 is 6.09 Å². The summed E-state index contributed by atoms with van der Waals surface area (Å²) >= 11 is 0. The van der Waals surface area contributed by atoms with E-state index in [0.717, 1.165) is 23.2 Å². The van der Waals surface area contributed by atoms with Crippen LogP contribution < -0.4 is 0 Å². The monoisotopic (exact) mass is 443 g/mol. The maximum Gasteiger partial charge on any atom is 0.407 e. The van der Waals surface area contributed by atoms with Gasteiger partial charge in [0.25, 0.3) is 5.95 Å². The highest BCUT2D eigenvalue weighted by atomic mass is 19.1. The van der Waals surface area contributed by atoms with Gasteiger partial charge in [0.2, 0.25) is 0 Å². The largest absolute Gasteiger partial charge is 0.465 e. The SMILES string of the molecule is O=C(O)N1C[C@H](c2cc(-c3ccc(F)cc3)nn2-c2ncccn2)CC[C@H]1c1ccccc1. The minimum absolute atomic E-state index is 0.0911. The summed E-state index contributed by atoms with van der Waals surface area (Å²) in [5, 5.41) is 14.7. The summed E-state index contributed by atoms with van der Waals surface area (Å²) in [7, 11) is 0. The lowest BCUT2D eigenvalue weighted by molar-refractivity contribution is 0.0985. The lowest BCUT2D eigenvalue weighted by Crippen LogP contribution is -2.41. The second-order valence-corrected chi connectivity index (χ2v) is 8.06. The predicted molar refractivity (Wildman–Crippen MR) is 120 cm³/mol. The zero-order valence-electron chi connectivity index (χ0n) is 17.8. The van der Waals surface area contributed by atoms with Crippen molar-refractivity contribution in [2.75, 3.05) is 6.54 Å². The number of rotatable bonds is 4. The van der Waals surface area contributed by atoms with E-state index in [4.69, 9.17) is 5.10 Å². The van der Waals surface area contributed by atoms with Crippen LogP contribution >= 0.6 is 0 Å². The van der Waals surface area contributed by atoms with E-state index >= 15 is 0 Å². The first-order valence-corrected chi connectivity index (χ1v) is 10.8. The third-order valence-electron chi connectivity index (χ3n) is 6.05. The molecule has 1 fully saturated rings. The molecule has 0 radical (unpaired) electrons. The molecular weight excluding hydrogens is 421 g/mol. The fourth-order valence-electron chi connectivity index (χ4n) is 4.45. The van der Waals surface area contributed by atoms with E-state index in [-0.39, 0.29) is 17.8 Å². The molecule has 2 atom stereocenters. The number of piperidine rings is 1. The average Bonchev–Trinajstić information content (AvgIpc) is 3.31. The van der Waals surface area contributed by atoms with Crippen molar-refractivity contribution in [3.8, 4) is 17.2 Å². The molecule has 2 aromatic heterocycles. The maximum atomic E-state index is 13.4. The molecule has 33 heavy (non-hydrogen) atoms. The highest BCUT2D eigenvalue weighted by Gasteiger charge is 2.35. The number of hydrogen-bond donors (Lipinski definition) is 1. The Labute approximate surface area is 190 Å². The average molecular weight is 443 g/mol. The van der Waals surface area contributed by atoms with Crippen LogP contribution in [0, 0.1) is 5.82 Å². The quantitative estimate of drug-likeness (QED) is 0.476. The fourth-order valence-corrected chi connectivity index (χ4v) is 4.45. The van der Waals surface area contributed by atoms with Crippen molar-refractivity contribution < 1.29 is 14.3 Å². The van der Waals surface area contributed by atoms with Gasteiger partial charge in [-0.25, -0.2) is 23.8 Å². The molecule has 1 aliphatic rings. The Morgan fingerprint density at radius 3 is 2.39 bits per heavy atom. The molecule has 4 aromatic rings. The Balaban J connectivity index is 1.52. The predicted octanol–water partition coefficient (Wildman–Crippen LogP) is 5.07. The smallest absolute Gasteiger partial charge is 0.407 e. The number of carbonyl (C=O) groups is 1. The summed E-state index contributed by atoms with van der Waals surface area (Å²) in [6, 6.07) is 19.3. The summed E-state index contributed by atoms with van der Waals surface area (Å²) in [4.78, 5) is 22.4. The van der Waals surface area contributed by atoms with Crippen LogP contribution in [0.15, 0.2) is 79.1 Å². The van der Waals surface area contributed by atoms with Gasteiger partial charge in [0, 0.05) is 30.4 Å². The minimum Gasteiger partial charge on any atom is -0.465 e. The van der Waals surface area contributed by atoms with Crippen LogP contribution in [0.2, 0.25) is 0 Å².